The third-order valence-corrected chi connectivity index (χ3v) is 4.16. The Morgan fingerprint density at radius 3 is 1.95 bits per heavy atom. The summed E-state index contributed by atoms with van der Waals surface area (Å²) < 4.78 is 25.3. The topological polar surface area (TPSA) is 132 Å². The molecule has 0 aliphatic heterocycles. The molecule has 0 aliphatic rings. The first kappa shape index (κ1) is 15.7. The Labute approximate surface area is 126 Å². The predicted octanol–water partition coefficient (Wildman–Crippen LogP) is 2.13. The Hall–Kier alpha value is -2.65. The van der Waals surface area contributed by atoms with E-state index in [9.17, 15) is 18.6 Å². The lowest BCUT2D eigenvalue weighted by Crippen LogP contribution is -2.18. The van der Waals surface area contributed by atoms with Crippen LogP contribution in [0.3, 0.4) is 0 Å². The molecule has 0 fully saturated rings. The van der Waals surface area contributed by atoms with E-state index >= 15 is 0 Å². The van der Waals surface area contributed by atoms with Gasteiger partial charge in [-0.25, -0.2) is 13.1 Å². The predicted molar refractivity (Wildman–Crippen MR) is 78.3 cm³/mol. The fourth-order valence-corrected chi connectivity index (χ4v) is 2.33. The molecule has 9 heteroatoms. The summed E-state index contributed by atoms with van der Waals surface area (Å²) >= 11 is 0. The SMILES string of the molecule is CNS(=O)(=O)c1ccc(N=Nc2ccc(O)cc2O)c(O)c1. The van der Waals surface area contributed by atoms with Crippen LogP contribution in [0.5, 0.6) is 17.2 Å². The second-order valence-corrected chi connectivity index (χ2v) is 6.12. The fraction of sp³-hybridized carbons (Fsp3) is 0.0769. The van der Waals surface area contributed by atoms with Crippen molar-refractivity contribution in [2.24, 2.45) is 10.2 Å². The molecule has 0 unspecified atom stereocenters. The highest BCUT2D eigenvalue weighted by Gasteiger charge is 2.13. The number of nitrogens with one attached hydrogen (secondary N) is 1. The number of hydrogen-bond acceptors (Lipinski definition) is 7. The van der Waals surface area contributed by atoms with Gasteiger partial charge in [0.1, 0.15) is 28.6 Å². The smallest absolute Gasteiger partial charge is 0.240 e. The molecule has 22 heavy (non-hydrogen) atoms. The van der Waals surface area contributed by atoms with Gasteiger partial charge in [0.25, 0.3) is 0 Å². The molecule has 116 valence electrons. The molecule has 8 nitrogen and oxygen atoms in total. The molecule has 2 aromatic carbocycles. The van der Waals surface area contributed by atoms with Crippen molar-refractivity contribution >= 4 is 21.4 Å². The number of sulfonamides is 1. The van der Waals surface area contributed by atoms with Crippen LogP contribution >= 0.6 is 0 Å². The van der Waals surface area contributed by atoms with Crippen LogP contribution in [0.1, 0.15) is 0 Å². The van der Waals surface area contributed by atoms with Gasteiger partial charge in [0.2, 0.25) is 10.0 Å². The summed E-state index contributed by atoms with van der Waals surface area (Å²) in [6.07, 6.45) is 0. The van der Waals surface area contributed by atoms with Crippen LogP contribution in [0.2, 0.25) is 0 Å². The van der Waals surface area contributed by atoms with Crippen molar-refractivity contribution in [3.05, 3.63) is 36.4 Å². The molecule has 0 aromatic heterocycles. The molecular formula is C13H13N3O5S. The van der Waals surface area contributed by atoms with E-state index in [0.717, 1.165) is 12.1 Å². The quantitative estimate of drug-likeness (QED) is 0.640. The maximum Gasteiger partial charge on any atom is 0.240 e. The number of hydrogen-bond donors (Lipinski definition) is 4. The molecule has 2 aromatic rings. The zero-order chi connectivity index (χ0) is 16.3. The maximum absolute atomic E-state index is 11.6. The molecule has 0 aliphatic carbocycles. The van der Waals surface area contributed by atoms with Gasteiger partial charge in [-0.1, -0.05) is 0 Å². The van der Waals surface area contributed by atoms with Crippen LogP contribution in [-0.2, 0) is 10.0 Å². The Kier molecular flexibility index (Phi) is 4.29. The molecular weight excluding hydrogens is 310 g/mol. The largest absolute Gasteiger partial charge is 0.508 e. The summed E-state index contributed by atoms with van der Waals surface area (Å²) in [5, 5.41) is 36.0. The Bertz CT molecular complexity index is 834. The minimum atomic E-state index is -3.67. The Morgan fingerprint density at radius 1 is 0.909 bits per heavy atom. The standard InChI is InChI=1S/C13H13N3O5S/c1-14-22(20,21)9-3-5-11(13(19)7-9)16-15-10-4-2-8(17)6-12(10)18/h2-7,14,17-19H,1H3. The fourth-order valence-electron chi connectivity index (χ4n) is 1.58. The molecule has 0 saturated carbocycles. The number of nitrogens with zero attached hydrogens (tertiary/aromatic N) is 2. The van der Waals surface area contributed by atoms with Crippen molar-refractivity contribution in [3.8, 4) is 17.2 Å². The summed E-state index contributed by atoms with van der Waals surface area (Å²) in [5.41, 5.74) is 0.117. The van der Waals surface area contributed by atoms with Crippen LogP contribution in [0.15, 0.2) is 51.5 Å². The van der Waals surface area contributed by atoms with Crippen LogP contribution in [-0.4, -0.2) is 30.8 Å². The second-order valence-electron chi connectivity index (χ2n) is 4.23. The number of phenols is 3. The average molecular weight is 323 g/mol. The first-order valence-electron chi connectivity index (χ1n) is 6.04. The van der Waals surface area contributed by atoms with E-state index < -0.39 is 10.0 Å². The van der Waals surface area contributed by atoms with Gasteiger partial charge in [-0.15, -0.1) is 10.2 Å². The first-order valence-corrected chi connectivity index (χ1v) is 7.52. The molecule has 0 heterocycles. The highest BCUT2D eigenvalue weighted by molar-refractivity contribution is 7.89. The van der Waals surface area contributed by atoms with Gasteiger partial charge in [0.05, 0.1) is 4.90 Å². The molecule has 0 spiro atoms. The van der Waals surface area contributed by atoms with Gasteiger partial charge in [-0.3, -0.25) is 0 Å². The highest BCUT2D eigenvalue weighted by atomic mass is 32.2. The monoisotopic (exact) mass is 323 g/mol. The van der Waals surface area contributed by atoms with Gasteiger partial charge >= 0.3 is 0 Å². The first-order chi connectivity index (χ1) is 10.3. The molecule has 4 N–H and O–H groups in total. The third-order valence-electron chi connectivity index (χ3n) is 2.75. The molecule has 0 radical (unpaired) electrons. The highest BCUT2D eigenvalue weighted by Crippen LogP contribution is 2.34. The zero-order valence-electron chi connectivity index (χ0n) is 11.4. The van der Waals surface area contributed by atoms with E-state index in [1.165, 1.54) is 31.3 Å². The van der Waals surface area contributed by atoms with Gasteiger partial charge in [-0.05, 0) is 31.3 Å². The minimum absolute atomic E-state index is 0.0301. The lowest BCUT2D eigenvalue weighted by atomic mass is 10.3. The molecule has 0 atom stereocenters. The van der Waals surface area contributed by atoms with Gasteiger partial charge in [-0.2, -0.15) is 0 Å². The molecule has 2 rings (SSSR count). The Morgan fingerprint density at radius 2 is 1.45 bits per heavy atom. The lowest BCUT2D eigenvalue weighted by Gasteiger charge is -2.04. The maximum atomic E-state index is 11.6. The average Bonchev–Trinajstić information content (AvgIpc) is 2.47. The summed E-state index contributed by atoms with van der Waals surface area (Å²) in [4.78, 5) is -0.112. The number of aromatic hydroxyl groups is 3. The minimum Gasteiger partial charge on any atom is -0.508 e. The van der Waals surface area contributed by atoms with Crippen molar-refractivity contribution in [3.63, 3.8) is 0 Å². The van der Waals surface area contributed by atoms with E-state index in [2.05, 4.69) is 15.0 Å². The van der Waals surface area contributed by atoms with Crippen molar-refractivity contribution in [1.82, 2.24) is 4.72 Å². The van der Waals surface area contributed by atoms with Gasteiger partial charge in [0.15, 0.2) is 0 Å². The zero-order valence-corrected chi connectivity index (χ0v) is 12.2. The summed E-state index contributed by atoms with van der Waals surface area (Å²) in [6, 6.07) is 7.33. The summed E-state index contributed by atoms with van der Waals surface area (Å²) in [5.74, 6) is -0.781. The number of benzene rings is 2. The van der Waals surface area contributed by atoms with Crippen molar-refractivity contribution in [2.75, 3.05) is 7.05 Å². The molecule has 0 bridgehead atoms. The van der Waals surface area contributed by atoms with E-state index in [1.54, 1.807) is 0 Å². The van der Waals surface area contributed by atoms with Gasteiger partial charge < -0.3 is 15.3 Å². The van der Waals surface area contributed by atoms with Crippen LogP contribution < -0.4 is 4.72 Å². The second kappa shape index (κ2) is 6.00. The van der Waals surface area contributed by atoms with E-state index in [-0.39, 0.29) is 33.5 Å². The normalized spacial score (nSPS) is 11.9. The van der Waals surface area contributed by atoms with E-state index in [4.69, 9.17) is 5.11 Å². The van der Waals surface area contributed by atoms with Gasteiger partial charge in [0, 0.05) is 12.1 Å². The number of phenolic OH excluding ortho intramolecular Hbond substituents is 3. The third kappa shape index (κ3) is 3.32. The molecule has 0 saturated heterocycles. The van der Waals surface area contributed by atoms with Crippen molar-refractivity contribution < 1.29 is 23.7 Å². The van der Waals surface area contributed by atoms with Crippen molar-refractivity contribution in [2.45, 2.75) is 4.90 Å². The van der Waals surface area contributed by atoms with Crippen LogP contribution in [0, 0.1) is 0 Å². The number of azo groups is 1. The lowest BCUT2D eigenvalue weighted by molar-refractivity contribution is 0.451. The molecule has 0 amide bonds. The number of rotatable bonds is 4. The van der Waals surface area contributed by atoms with Crippen LogP contribution in [0.25, 0.3) is 0 Å². The summed E-state index contributed by atoms with van der Waals surface area (Å²) in [6.45, 7) is 0. The Balaban J connectivity index is 2.33. The van der Waals surface area contributed by atoms with Crippen LogP contribution in [0.4, 0.5) is 11.4 Å². The van der Waals surface area contributed by atoms with E-state index in [0.29, 0.717) is 0 Å². The van der Waals surface area contributed by atoms with E-state index in [1.807, 2.05) is 0 Å². The summed E-state index contributed by atoms with van der Waals surface area (Å²) in [7, 11) is -2.41. The van der Waals surface area contributed by atoms with Crippen molar-refractivity contribution in [1.29, 1.82) is 0 Å².